The molecule has 3 heteroatoms. The van der Waals surface area contributed by atoms with Gasteiger partial charge in [-0.3, -0.25) is 0 Å². The lowest BCUT2D eigenvalue weighted by atomic mass is 10.0. The van der Waals surface area contributed by atoms with Crippen molar-refractivity contribution < 1.29 is 14.6 Å². The number of aliphatic hydroxyl groups is 1. The van der Waals surface area contributed by atoms with E-state index in [-0.39, 0.29) is 12.4 Å². The third-order valence-electron chi connectivity index (χ3n) is 2.31. The summed E-state index contributed by atoms with van der Waals surface area (Å²) in [5.41, 5.74) is 0.993. The molecule has 0 aromatic rings. The summed E-state index contributed by atoms with van der Waals surface area (Å²) < 4.78 is 10.9. The lowest BCUT2D eigenvalue weighted by Gasteiger charge is -2.19. The van der Waals surface area contributed by atoms with Crippen molar-refractivity contribution in [2.45, 2.75) is 58.8 Å². The van der Waals surface area contributed by atoms with Crippen LogP contribution in [0.15, 0.2) is 12.2 Å². The number of hydrogen-bond donors (Lipinski definition) is 1. The van der Waals surface area contributed by atoms with Gasteiger partial charge in [-0.2, -0.15) is 0 Å². The van der Waals surface area contributed by atoms with Gasteiger partial charge in [0, 0.05) is 19.6 Å². The average molecular weight is 230 g/mol. The minimum Gasteiger partial charge on any atom is -0.393 e. The van der Waals surface area contributed by atoms with Gasteiger partial charge in [0.25, 0.3) is 0 Å². The normalized spacial score (nSPS) is 13.1. The van der Waals surface area contributed by atoms with Crippen molar-refractivity contribution in [3.8, 4) is 0 Å². The number of hydrogen-bond acceptors (Lipinski definition) is 3. The van der Waals surface area contributed by atoms with E-state index < -0.39 is 0 Å². The van der Waals surface area contributed by atoms with E-state index in [1.807, 2.05) is 13.8 Å². The number of rotatable bonds is 10. The maximum atomic E-state index is 9.65. The fourth-order valence-electron chi connectivity index (χ4n) is 1.63. The van der Waals surface area contributed by atoms with E-state index >= 15 is 0 Å². The third kappa shape index (κ3) is 7.85. The maximum absolute atomic E-state index is 9.65. The van der Waals surface area contributed by atoms with Crippen molar-refractivity contribution in [3.05, 3.63) is 12.2 Å². The smallest absolute Gasteiger partial charge is 0.161 e. The van der Waals surface area contributed by atoms with E-state index in [0.717, 1.165) is 18.4 Å². The van der Waals surface area contributed by atoms with Gasteiger partial charge in [-0.15, -0.1) is 0 Å². The van der Waals surface area contributed by atoms with Crippen molar-refractivity contribution in [1.82, 2.24) is 0 Å². The molecule has 0 unspecified atom stereocenters. The van der Waals surface area contributed by atoms with E-state index in [2.05, 4.69) is 13.5 Å². The maximum Gasteiger partial charge on any atom is 0.161 e. The van der Waals surface area contributed by atoms with Gasteiger partial charge in [0.15, 0.2) is 6.29 Å². The van der Waals surface area contributed by atoms with E-state index in [0.29, 0.717) is 26.1 Å². The molecule has 0 bridgehead atoms. The Balaban J connectivity index is 3.88. The molecule has 3 nitrogen and oxygen atoms in total. The second kappa shape index (κ2) is 9.82. The van der Waals surface area contributed by atoms with Gasteiger partial charge >= 0.3 is 0 Å². The Morgan fingerprint density at radius 3 is 2.12 bits per heavy atom. The van der Waals surface area contributed by atoms with Crippen molar-refractivity contribution in [3.63, 3.8) is 0 Å². The highest BCUT2D eigenvalue weighted by Crippen LogP contribution is 2.15. The monoisotopic (exact) mass is 230 g/mol. The first kappa shape index (κ1) is 15.6. The molecule has 0 amide bonds. The van der Waals surface area contributed by atoms with Crippen LogP contribution < -0.4 is 0 Å². The van der Waals surface area contributed by atoms with Crippen LogP contribution in [0.4, 0.5) is 0 Å². The molecule has 0 aliphatic rings. The fourth-order valence-corrected chi connectivity index (χ4v) is 1.63. The fraction of sp³-hybridized carbons (Fsp3) is 0.846. The average Bonchev–Trinajstić information content (AvgIpc) is 2.18. The van der Waals surface area contributed by atoms with Crippen LogP contribution in [0, 0.1) is 0 Å². The van der Waals surface area contributed by atoms with Gasteiger partial charge < -0.3 is 14.6 Å². The molecular weight excluding hydrogens is 204 g/mol. The summed E-state index contributed by atoms with van der Waals surface area (Å²) in [7, 11) is 0. The quantitative estimate of drug-likeness (QED) is 0.463. The number of ether oxygens (including phenoxy) is 2. The van der Waals surface area contributed by atoms with Crippen molar-refractivity contribution in [2.24, 2.45) is 0 Å². The zero-order valence-electron chi connectivity index (χ0n) is 10.9. The largest absolute Gasteiger partial charge is 0.393 e. The zero-order valence-corrected chi connectivity index (χ0v) is 10.9. The summed E-state index contributed by atoms with van der Waals surface area (Å²) in [6.07, 6.45) is 2.65. The van der Waals surface area contributed by atoms with Crippen LogP contribution in [0.3, 0.4) is 0 Å². The lowest BCUT2D eigenvalue weighted by Crippen LogP contribution is -2.19. The molecule has 1 N–H and O–H groups in total. The van der Waals surface area contributed by atoms with Crippen molar-refractivity contribution >= 4 is 0 Å². The second-order valence-electron chi connectivity index (χ2n) is 3.94. The predicted molar refractivity (Wildman–Crippen MR) is 66.3 cm³/mol. The van der Waals surface area contributed by atoms with Gasteiger partial charge in [-0.25, -0.2) is 0 Å². The Morgan fingerprint density at radius 2 is 1.69 bits per heavy atom. The van der Waals surface area contributed by atoms with E-state index in [1.54, 1.807) is 0 Å². The number of aliphatic hydroxyl groups excluding tert-OH is 1. The molecular formula is C13H26O3. The Morgan fingerprint density at radius 1 is 1.12 bits per heavy atom. The molecule has 16 heavy (non-hydrogen) atoms. The van der Waals surface area contributed by atoms with E-state index in [9.17, 15) is 5.11 Å². The molecule has 0 rings (SSSR count). The van der Waals surface area contributed by atoms with Crippen molar-refractivity contribution in [1.29, 1.82) is 0 Å². The van der Waals surface area contributed by atoms with Crippen molar-refractivity contribution in [2.75, 3.05) is 13.2 Å². The minimum absolute atomic E-state index is 0.212. The molecule has 0 aliphatic heterocycles. The first-order valence-electron chi connectivity index (χ1n) is 6.21. The molecule has 0 aliphatic carbocycles. The molecule has 1 atom stereocenters. The zero-order chi connectivity index (χ0) is 12.4. The molecule has 0 heterocycles. The van der Waals surface area contributed by atoms with Crippen LogP contribution in [0.2, 0.25) is 0 Å². The summed E-state index contributed by atoms with van der Waals surface area (Å²) in [6, 6.07) is 0. The highest BCUT2D eigenvalue weighted by molar-refractivity contribution is 4.97. The summed E-state index contributed by atoms with van der Waals surface area (Å²) in [5.74, 6) is 0. The van der Waals surface area contributed by atoms with Crippen LogP contribution in [0.1, 0.15) is 46.5 Å². The lowest BCUT2D eigenvalue weighted by molar-refractivity contribution is -0.134. The summed E-state index contributed by atoms with van der Waals surface area (Å²) >= 11 is 0. The minimum atomic E-state index is -0.276. The highest BCUT2D eigenvalue weighted by Gasteiger charge is 2.12. The Hall–Kier alpha value is -0.380. The van der Waals surface area contributed by atoms with Gasteiger partial charge in [0.2, 0.25) is 0 Å². The third-order valence-corrected chi connectivity index (χ3v) is 2.31. The van der Waals surface area contributed by atoms with Gasteiger partial charge in [-0.05, 0) is 26.7 Å². The Labute approximate surface area is 99.5 Å². The molecule has 96 valence electrons. The molecule has 0 spiro atoms. The van der Waals surface area contributed by atoms with Crippen LogP contribution in [-0.2, 0) is 9.47 Å². The van der Waals surface area contributed by atoms with Crippen LogP contribution in [-0.4, -0.2) is 30.7 Å². The second-order valence-corrected chi connectivity index (χ2v) is 3.94. The highest BCUT2D eigenvalue weighted by atomic mass is 16.7. The van der Waals surface area contributed by atoms with Gasteiger partial charge in [-0.1, -0.05) is 25.5 Å². The molecule has 0 saturated carbocycles. The molecule has 0 radical (unpaired) electrons. The summed E-state index contributed by atoms with van der Waals surface area (Å²) in [6.45, 7) is 11.2. The van der Waals surface area contributed by atoms with Crippen LogP contribution in [0.5, 0.6) is 0 Å². The molecule has 0 fully saturated rings. The van der Waals surface area contributed by atoms with E-state index in [4.69, 9.17) is 9.47 Å². The SMILES string of the molecule is C=C(CC(OCC)OCC)C[C@H](O)CCC. The predicted octanol–water partition coefficient (Wildman–Crippen LogP) is 2.88. The Bertz CT molecular complexity index is 174. The van der Waals surface area contributed by atoms with Crippen LogP contribution >= 0.6 is 0 Å². The van der Waals surface area contributed by atoms with Gasteiger partial charge in [0.05, 0.1) is 6.10 Å². The molecule has 0 saturated heterocycles. The van der Waals surface area contributed by atoms with Gasteiger partial charge in [0.1, 0.15) is 0 Å². The topological polar surface area (TPSA) is 38.7 Å². The standard InChI is InChI=1S/C13H26O3/c1-5-8-12(14)9-11(4)10-13(15-6-2)16-7-3/h12-14H,4-10H2,1-3H3/t12-/m1/s1. The molecule has 0 aromatic heterocycles. The Kier molecular flexibility index (Phi) is 9.59. The summed E-state index contributed by atoms with van der Waals surface area (Å²) in [5, 5.41) is 9.65. The first-order valence-corrected chi connectivity index (χ1v) is 6.21. The van der Waals surface area contributed by atoms with E-state index in [1.165, 1.54) is 0 Å². The molecule has 0 aromatic carbocycles. The van der Waals surface area contributed by atoms with Crippen LogP contribution in [0.25, 0.3) is 0 Å². The summed E-state index contributed by atoms with van der Waals surface area (Å²) in [4.78, 5) is 0. The first-order chi connectivity index (χ1) is 7.63.